The lowest BCUT2D eigenvalue weighted by atomic mass is 10.3. The van der Waals surface area contributed by atoms with E-state index in [9.17, 15) is 5.21 Å². The van der Waals surface area contributed by atoms with Crippen molar-refractivity contribution in [2.75, 3.05) is 0 Å². The third-order valence-corrected chi connectivity index (χ3v) is 0.841. The topological polar surface area (TPSA) is 58.7 Å². The Kier molecular flexibility index (Phi) is 1.71. The van der Waals surface area contributed by atoms with E-state index in [1.54, 1.807) is 12.3 Å². The summed E-state index contributed by atoms with van der Waals surface area (Å²) in [4.78, 5) is 0. The van der Waals surface area contributed by atoms with Gasteiger partial charge in [-0.15, -0.1) is 0 Å². The minimum absolute atomic E-state index is 0.472. The van der Waals surface area contributed by atoms with E-state index in [4.69, 9.17) is 0 Å². The molecule has 0 aromatic rings. The zero-order valence-electron chi connectivity index (χ0n) is 4.19. The van der Waals surface area contributed by atoms with Gasteiger partial charge in [0.2, 0.25) is 0 Å². The highest BCUT2D eigenvalue weighted by atomic mass is 16.5. The van der Waals surface area contributed by atoms with Crippen LogP contribution in [0, 0.1) is 0 Å². The van der Waals surface area contributed by atoms with E-state index in [1.165, 1.54) is 0 Å². The minimum Gasteiger partial charge on any atom is -0.165 e. The van der Waals surface area contributed by atoms with Crippen LogP contribution in [0.15, 0.2) is 22.5 Å². The molecule has 42 valence electrons. The highest BCUT2D eigenvalue weighted by Gasteiger charge is 2.05. The molecule has 4 nitrogen and oxygen atoms in total. The molecule has 0 aromatic heterocycles. The summed E-state index contributed by atoms with van der Waals surface area (Å²) in [6.45, 7) is 0. The predicted molar refractivity (Wildman–Crippen MR) is 25.2 cm³/mol. The van der Waals surface area contributed by atoms with Gasteiger partial charge in [0.15, 0.2) is 6.17 Å². The SMILES string of the molecule is [O][N]C1CC=CN=N1. The zero-order chi connectivity index (χ0) is 5.82. The first-order valence-corrected chi connectivity index (χ1v) is 2.31. The average molecular weight is 111 g/mol. The van der Waals surface area contributed by atoms with E-state index >= 15 is 0 Å². The molecule has 0 saturated carbocycles. The molecule has 1 unspecified atom stereocenters. The zero-order valence-corrected chi connectivity index (χ0v) is 4.19. The second kappa shape index (κ2) is 2.54. The number of hydrogen-bond donors (Lipinski definition) is 0. The van der Waals surface area contributed by atoms with Gasteiger partial charge in [0.05, 0.1) is 0 Å². The van der Waals surface area contributed by atoms with Crippen LogP contribution in [0.5, 0.6) is 0 Å². The lowest BCUT2D eigenvalue weighted by molar-refractivity contribution is 0.0344. The number of nitrogens with zero attached hydrogens (tertiary/aromatic N) is 3. The van der Waals surface area contributed by atoms with Crippen LogP contribution in [0.4, 0.5) is 0 Å². The predicted octanol–water partition coefficient (Wildman–Crippen LogP) is 0.632. The third kappa shape index (κ3) is 1.11. The van der Waals surface area contributed by atoms with Gasteiger partial charge in [-0.05, 0) is 5.48 Å². The van der Waals surface area contributed by atoms with Crippen molar-refractivity contribution in [3.63, 3.8) is 0 Å². The summed E-state index contributed by atoms with van der Waals surface area (Å²) >= 11 is 0. The van der Waals surface area contributed by atoms with Gasteiger partial charge in [-0.2, -0.15) is 10.2 Å². The summed E-state index contributed by atoms with van der Waals surface area (Å²) in [5.74, 6) is 0. The normalized spacial score (nSPS) is 26.4. The van der Waals surface area contributed by atoms with Gasteiger partial charge >= 0.3 is 0 Å². The largest absolute Gasteiger partial charge is 0.171 e. The van der Waals surface area contributed by atoms with E-state index in [1.807, 2.05) is 0 Å². The Bertz CT molecular complexity index is 120. The summed E-state index contributed by atoms with van der Waals surface area (Å²) in [7, 11) is 0. The number of hydroxylamine groups is 1. The van der Waals surface area contributed by atoms with E-state index in [2.05, 4.69) is 15.7 Å². The Hall–Kier alpha value is -0.740. The molecule has 1 aliphatic rings. The molecule has 0 N–H and O–H groups in total. The molecule has 0 saturated heterocycles. The second-order valence-corrected chi connectivity index (χ2v) is 1.44. The fraction of sp³-hybridized carbons (Fsp3) is 0.500. The van der Waals surface area contributed by atoms with Gasteiger partial charge in [-0.3, -0.25) is 0 Å². The number of rotatable bonds is 1. The van der Waals surface area contributed by atoms with Crippen molar-refractivity contribution in [1.82, 2.24) is 5.48 Å². The van der Waals surface area contributed by atoms with Crippen LogP contribution in [0.25, 0.3) is 0 Å². The molecule has 0 bridgehead atoms. The Morgan fingerprint density at radius 1 is 1.75 bits per heavy atom. The van der Waals surface area contributed by atoms with Crippen LogP contribution in [0.2, 0.25) is 0 Å². The third-order valence-electron chi connectivity index (χ3n) is 0.841. The van der Waals surface area contributed by atoms with Crippen molar-refractivity contribution in [2.45, 2.75) is 12.6 Å². The van der Waals surface area contributed by atoms with Gasteiger partial charge in [0.1, 0.15) is 0 Å². The molecule has 2 radical (unpaired) electrons. The van der Waals surface area contributed by atoms with Crippen LogP contribution in [0.3, 0.4) is 0 Å². The quantitative estimate of drug-likeness (QED) is 0.445. The summed E-state index contributed by atoms with van der Waals surface area (Å²) in [5, 5.41) is 16.7. The van der Waals surface area contributed by atoms with E-state index in [-0.39, 0.29) is 0 Å². The molecule has 0 aromatic carbocycles. The first-order valence-electron chi connectivity index (χ1n) is 2.31. The van der Waals surface area contributed by atoms with Crippen molar-refractivity contribution >= 4 is 0 Å². The van der Waals surface area contributed by atoms with Gasteiger partial charge in [0, 0.05) is 12.6 Å². The van der Waals surface area contributed by atoms with E-state index in [0.717, 1.165) is 0 Å². The minimum atomic E-state index is -0.472. The van der Waals surface area contributed by atoms with Crippen molar-refractivity contribution in [2.24, 2.45) is 10.2 Å². The molecule has 0 fully saturated rings. The highest BCUT2D eigenvalue weighted by molar-refractivity contribution is 4.85. The molecule has 8 heavy (non-hydrogen) atoms. The molecule has 1 heterocycles. The van der Waals surface area contributed by atoms with E-state index < -0.39 is 6.17 Å². The highest BCUT2D eigenvalue weighted by Crippen LogP contribution is 2.02. The first-order chi connectivity index (χ1) is 3.93. The van der Waals surface area contributed by atoms with Crippen molar-refractivity contribution in [3.05, 3.63) is 12.3 Å². The van der Waals surface area contributed by atoms with Crippen LogP contribution in [-0.4, -0.2) is 6.17 Å². The van der Waals surface area contributed by atoms with Gasteiger partial charge in [0.25, 0.3) is 0 Å². The fourth-order valence-electron chi connectivity index (χ4n) is 0.456. The van der Waals surface area contributed by atoms with Gasteiger partial charge < -0.3 is 0 Å². The summed E-state index contributed by atoms with van der Waals surface area (Å²) in [6.07, 6.45) is 3.44. The first kappa shape index (κ1) is 5.40. The number of hydrogen-bond acceptors (Lipinski definition) is 2. The number of azo groups is 1. The Labute approximate surface area is 46.9 Å². The average Bonchev–Trinajstić information content (AvgIpc) is 1.90. The van der Waals surface area contributed by atoms with Crippen molar-refractivity contribution in [1.29, 1.82) is 0 Å². The molecule has 1 aliphatic heterocycles. The van der Waals surface area contributed by atoms with Crippen molar-refractivity contribution < 1.29 is 5.21 Å². The monoisotopic (exact) mass is 111 g/mol. The fourth-order valence-corrected chi connectivity index (χ4v) is 0.456. The van der Waals surface area contributed by atoms with Gasteiger partial charge in [-0.1, -0.05) is 11.3 Å². The Morgan fingerprint density at radius 2 is 2.62 bits per heavy atom. The lowest BCUT2D eigenvalue weighted by Crippen LogP contribution is -2.14. The Morgan fingerprint density at radius 3 is 3.00 bits per heavy atom. The standard InChI is InChI=1S/C4H5N3O/c8-7-4-2-1-3-5-6-4/h1,3-4H,2H2. The summed E-state index contributed by atoms with van der Waals surface area (Å²) in [6, 6.07) is 0. The second-order valence-electron chi connectivity index (χ2n) is 1.44. The van der Waals surface area contributed by atoms with E-state index in [0.29, 0.717) is 6.42 Å². The van der Waals surface area contributed by atoms with Crippen molar-refractivity contribution in [3.8, 4) is 0 Å². The molecule has 4 heteroatoms. The van der Waals surface area contributed by atoms with Gasteiger partial charge in [-0.25, -0.2) is 0 Å². The van der Waals surface area contributed by atoms with Crippen LogP contribution in [-0.2, 0) is 5.21 Å². The molecule has 0 amide bonds. The Balaban J connectivity index is 2.40. The molecule has 1 atom stereocenters. The maximum atomic E-state index is 9.72. The molecule has 0 aliphatic carbocycles. The summed E-state index contributed by atoms with van der Waals surface area (Å²) in [5.41, 5.74) is 2.69. The van der Waals surface area contributed by atoms with Crippen LogP contribution < -0.4 is 5.48 Å². The molecule has 0 spiro atoms. The maximum Gasteiger partial charge on any atom is 0.171 e. The molecule has 1 rings (SSSR count). The molecular formula is C4H5N3O. The van der Waals surface area contributed by atoms with Crippen LogP contribution in [0.1, 0.15) is 6.42 Å². The maximum absolute atomic E-state index is 9.72. The smallest absolute Gasteiger partial charge is 0.165 e. The van der Waals surface area contributed by atoms with Crippen LogP contribution >= 0.6 is 0 Å². The lowest BCUT2D eigenvalue weighted by Gasteiger charge is -2.02. The summed E-state index contributed by atoms with van der Waals surface area (Å²) < 4.78 is 0. The molecular weight excluding hydrogens is 106 g/mol.